The minimum absolute atomic E-state index is 0.102. The van der Waals surface area contributed by atoms with Crippen molar-refractivity contribution in [3.05, 3.63) is 46.5 Å². The van der Waals surface area contributed by atoms with Crippen molar-refractivity contribution in [3.63, 3.8) is 0 Å². The van der Waals surface area contributed by atoms with Gasteiger partial charge in [0.2, 0.25) is 5.79 Å². The van der Waals surface area contributed by atoms with Crippen molar-refractivity contribution < 1.29 is 34.6 Å². The number of hydrogen-bond acceptors (Lipinski definition) is 7. The molecule has 4 atom stereocenters. The molecule has 4 N–H and O–H groups in total. The van der Waals surface area contributed by atoms with E-state index >= 15 is 0 Å². The van der Waals surface area contributed by atoms with Gasteiger partial charge in [-0.1, -0.05) is 13.0 Å². The summed E-state index contributed by atoms with van der Waals surface area (Å²) in [5, 5.41) is 44.1. The van der Waals surface area contributed by atoms with Crippen molar-refractivity contribution in [2.24, 2.45) is 5.92 Å². The number of fused-ring (bicyclic) bond motifs is 4. The molecule has 2 bridgehead atoms. The number of ether oxygens (including phenoxy) is 3. The Bertz CT molecular complexity index is 1050. The van der Waals surface area contributed by atoms with E-state index in [4.69, 9.17) is 14.2 Å². The first-order valence-corrected chi connectivity index (χ1v) is 9.66. The summed E-state index contributed by atoms with van der Waals surface area (Å²) in [5.41, 5.74) is -1.38. The van der Waals surface area contributed by atoms with E-state index in [9.17, 15) is 20.4 Å². The van der Waals surface area contributed by atoms with Crippen LogP contribution in [0.5, 0.6) is 23.0 Å². The highest BCUT2D eigenvalue weighted by Gasteiger charge is 2.69. The van der Waals surface area contributed by atoms with Gasteiger partial charge in [0.05, 0.1) is 23.7 Å². The van der Waals surface area contributed by atoms with Crippen LogP contribution in [0.1, 0.15) is 43.0 Å². The summed E-state index contributed by atoms with van der Waals surface area (Å²) < 4.78 is 18.7. The summed E-state index contributed by atoms with van der Waals surface area (Å²) in [4.78, 5) is 0. The molecule has 0 fully saturated rings. The first-order valence-electron chi connectivity index (χ1n) is 9.66. The summed E-state index contributed by atoms with van der Waals surface area (Å²) in [6.07, 6.45) is -0.961. The van der Waals surface area contributed by atoms with Gasteiger partial charge in [-0.3, -0.25) is 0 Å². The van der Waals surface area contributed by atoms with Gasteiger partial charge in [0.1, 0.15) is 40.3 Å². The molecule has 0 amide bonds. The normalized spacial score (nSPS) is 33.6. The third-order valence-electron chi connectivity index (χ3n) is 6.64. The maximum absolute atomic E-state index is 12.0. The number of hydrogen-bond donors (Lipinski definition) is 4. The van der Waals surface area contributed by atoms with Gasteiger partial charge in [-0.2, -0.15) is 0 Å². The highest BCUT2D eigenvalue weighted by Crippen LogP contribution is 2.68. The monoisotopic (exact) mass is 400 g/mol. The molecule has 0 radical (unpaired) electrons. The zero-order chi connectivity index (χ0) is 20.9. The molecule has 0 saturated heterocycles. The van der Waals surface area contributed by atoms with Crippen molar-refractivity contribution in [1.29, 1.82) is 0 Å². The number of aryl methyl sites for hydroxylation is 1. The molecule has 0 unspecified atom stereocenters. The van der Waals surface area contributed by atoms with E-state index < -0.39 is 29.0 Å². The van der Waals surface area contributed by atoms with Gasteiger partial charge in [0.25, 0.3) is 0 Å². The predicted molar refractivity (Wildman–Crippen MR) is 102 cm³/mol. The average Bonchev–Trinajstić information content (AvgIpc) is 2.76. The summed E-state index contributed by atoms with van der Waals surface area (Å²) in [6.45, 7) is 6.90. The Labute approximate surface area is 168 Å². The van der Waals surface area contributed by atoms with Crippen LogP contribution in [0, 0.1) is 12.8 Å². The lowest BCUT2D eigenvalue weighted by Gasteiger charge is -2.46. The third kappa shape index (κ3) is 2.02. The van der Waals surface area contributed by atoms with E-state index in [1.165, 1.54) is 12.1 Å². The first-order chi connectivity index (χ1) is 13.5. The zero-order valence-corrected chi connectivity index (χ0v) is 16.7. The van der Waals surface area contributed by atoms with E-state index in [2.05, 4.69) is 0 Å². The molecule has 1 aliphatic carbocycles. The van der Waals surface area contributed by atoms with Crippen LogP contribution in [0.25, 0.3) is 0 Å². The van der Waals surface area contributed by atoms with Crippen molar-refractivity contribution in [3.8, 4) is 23.0 Å². The first kappa shape index (κ1) is 18.5. The van der Waals surface area contributed by atoms with Gasteiger partial charge in [-0.05, 0) is 44.5 Å². The average molecular weight is 400 g/mol. The van der Waals surface area contributed by atoms with Crippen LogP contribution in [0.4, 0.5) is 0 Å². The number of benzene rings is 2. The Balaban J connectivity index is 1.93. The standard InChI is InChI=1S/C22H24O7/c1-10-8-13(24)17-18-19(10)29-20(3,4)15(25)9-27-22(18)11(2)21(17,26)16-12(23)6-5-7-14(16)28-22/h5-8,11,15,23-26H,9H2,1-4H3/t11-,15-,21+,22-/m1/s1. The molecule has 2 heterocycles. The van der Waals surface area contributed by atoms with Crippen molar-refractivity contribution in [2.75, 3.05) is 6.61 Å². The Kier molecular flexibility index (Phi) is 3.42. The van der Waals surface area contributed by atoms with E-state index in [0.29, 0.717) is 16.9 Å². The number of phenols is 2. The molecule has 5 rings (SSSR count). The summed E-state index contributed by atoms with van der Waals surface area (Å²) in [5.74, 6) is -1.88. The van der Waals surface area contributed by atoms with Crippen LogP contribution in [-0.2, 0) is 16.1 Å². The molecule has 29 heavy (non-hydrogen) atoms. The highest BCUT2D eigenvalue weighted by molar-refractivity contribution is 5.69. The SMILES string of the molecule is Cc1cc(O)c2c3c1OC(C)(C)[C@H](O)CO[C@]31Oc3cccc(O)c3[C@@]2(O)[C@H]1C. The largest absolute Gasteiger partial charge is 0.508 e. The summed E-state index contributed by atoms with van der Waals surface area (Å²) >= 11 is 0. The number of phenolic OH excluding ortho intramolecular Hbond substituents is 2. The maximum atomic E-state index is 12.0. The quantitative estimate of drug-likeness (QED) is 0.538. The minimum atomic E-state index is -1.77. The van der Waals surface area contributed by atoms with Crippen LogP contribution >= 0.6 is 0 Å². The molecule has 7 heteroatoms. The molecule has 1 spiro atoms. The van der Waals surface area contributed by atoms with Gasteiger partial charge in [0, 0.05) is 5.56 Å². The van der Waals surface area contributed by atoms with Gasteiger partial charge in [0.15, 0.2) is 0 Å². The molecular weight excluding hydrogens is 376 g/mol. The van der Waals surface area contributed by atoms with E-state index in [1.807, 2.05) is 0 Å². The van der Waals surface area contributed by atoms with E-state index in [0.717, 1.165) is 0 Å². The smallest absolute Gasteiger partial charge is 0.247 e. The highest BCUT2D eigenvalue weighted by atomic mass is 16.7. The van der Waals surface area contributed by atoms with Crippen LogP contribution in [0.15, 0.2) is 24.3 Å². The molecule has 2 aliphatic heterocycles. The Morgan fingerprint density at radius 2 is 1.76 bits per heavy atom. The zero-order valence-electron chi connectivity index (χ0n) is 16.7. The molecule has 7 nitrogen and oxygen atoms in total. The summed E-state index contributed by atoms with van der Waals surface area (Å²) in [6, 6.07) is 6.22. The second-order valence-corrected chi connectivity index (χ2v) is 8.73. The fraction of sp³-hybridized carbons (Fsp3) is 0.455. The van der Waals surface area contributed by atoms with Crippen LogP contribution in [0.2, 0.25) is 0 Å². The molecule has 3 aliphatic rings. The lowest BCUT2D eigenvalue weighted by Crippen LogP contribution is -2.54. The summed E-state index contributed by atoms with van der Waals surface area (Å²) in [7, 11) is 0. The van der Waals surface area contributed by atoms with Crippen molar-refractivity contribution >= 4 is 0 Å². The lowest BCUT2D eigenvalue weighted by atomic mass is 9.77. The Morgan fingerprint density at radius 1 is 1.03 bits per heavy atom. The van der Waals surface area contributed by atoms with Crippen molar-refractivity contribution in [2.45, 2.75) is 50.8 Å². The van der Waals surface area contributed by atoms with Gasteiger partial charge in [-0.15, -0.1) is 0 Å². The molecule has 2 aromatic rings. The molecule has 0 saturated carbocycles. The van der Waals surface area contributed by atoms with E-state index in [1.54, 1.807) is 39.8 Å². The molecular formula is C22H24O7. The van der Waals surface area contributed by atoms with Crippen LogP contribution in [-0.4, -0.2) is 38.7 Å². The molecule has 2 aromatic carbocycles. The van der Waals surface area contributed by atoms with Crippen LogP contribution in [0.3, 0.4) is 0 Å². The fourth-order valence-corrected chi connectivity index (χ4v) is 4.93. The topological polar surface area (TPSA) is 109 Å². The molecule has 154 valence electrons. The minimum Gasteiger partial charge on any atom is -0.508 e. The second kappa shape index (κ2) is 5.36. The number of aliphatic hydroxyl groups excluding tert-OH is 1. The van der Waals surface area contributed by atoms with Crippen LogP contribution < -0.4 is 9.47 Å². The fourth-order valence-electron chi connectivity index (χ4n) is 4.93. The van der Waals surface area contributed by atoms with Crippen molar-refractivity contribution in [1.82, 2.24) is 0 Å². The predicted octanol–water partition coefficient (Wildman–Crippen LogP) is 2.39. The molecule has 0 aromatic heterocycles. The second-order valence-electron chi connectivity index (χ2n) is 8.73. The lowest BCUT2D eigenvalue weighted by molar-refractivity contribution is -0.272. The maximum Gasteiger partial charge on any atom is 0.247 e. The third-order valence-corrected chi connectivity index (χ3v) is 6.64. The Morgan fingerprint density at radius 3 is 2.48 bits per heavy atom. The number of aromatic hydroxyl groups is 2. The van der Waals surface area contributed by atoms with Gasteiger partial charge >= 0.3 is 0 Å². The Hall–Kier alpha value is -2.48. The number of rotatable bonds is 0. The van der Waals surface area contributed by atoms with Gasteiger partial charge < -0.3 is 34.6 Å². The van der Waals surface area contributed by atoms with Gasteiger partial charge in [-0.25, -0.2) is 0 Å². The van der Waals surface area contributed by atoms with E-state index in [-0.39, 0.29) is 35.0 Å². The number of aliphatic hydroxyl groups is 2.